The second-order valence-corrected chi connectivity index (χ2v) is 4.74. The van der Waals surface area contributed by atoms with Gasteiger partial charge in [-0.15, -0.1) is 0 Å². The minimum atomic E-state index is 0.704. The Morgan fingerprint density at radius 3 is 3.00 bits per heavy atom. The van der Waals surface area contributed by atoms with E-state index in [0.29, 0.717) is 5.75 Å². The molecule has 0 spiro atoms. The average molecular weight is 304 g/mol. The van der Waals surface area contributed by atoms with Crippen molar-refractivity contribution in [2.75, 3.05) is 7.11 Å². The topological polar surface area (TPSA) is 50.8 Å². The molecule has 2 aromatic heterocycles. The van der Waals surface area contributed by atoms with Crippen molar-refractivity contribution in [3.63, 3.8) is 0 Å². The summed E-state index contributed by atoms with van der Waals surface area (Å²) in [7, 11) is 1.62. The molecule has 2 heterocycles. The molecule has 4 nitrogen and oxygen atoms in total. The Kier molecular flexibility index (Phi) is 2.76. The van der Waals surface area contributed by atoms with Crippen molar-refractivity contribution in [3.05, 3.63) is 41.1 Å². The van der Waals surface area contributed by atoms with Crippen LogP contribution in [0.5, 0.6) is 5.75 Å². The number of hydrogen-bond donors (Lipinski definition) is 1. The zero-order valence-corrected chi connectivity index (χ0v) is 11.2. The summed E-state index contributed by atoms with van der Waals surface area (Å²) in [6.45, 7) is 0. The summed E-state index contributed by atoms with van der Waals surface area (Å²) in [6.07, 6.45) is 3.40. The molecule has 1 aromatic carbocycles. The van der Waals surface area contributed by atoms with Crippen molar-refractivity contribution in [1.82, 2.24) is 15.0 Å². The van der Waals surface area contributed by atoms with Crippen LogP contribution in [0, 0.1) is 0 Å². The van der Waals surface area contributed by atoms with Crippen LogP contribution in [0.4, 0.5) is 0 Å². The summed E-state index contributed by atoms with van der Waals surface area (Å²) in [4.78, 5) is 11.9. The zero-order chi connectivity index (χ0) is 12.5. The van der Waals surface area contributed by atoms with Gasteiger partial charge in [-0.3, -0.25) is 4.98 Å². The van der Waals surface area contributed by atoms with E-state index in [2.05, 4.69) is 30.9 Å². The van der Waals surface area contributed by atoms with Gasteiger partial charge >= 0.3 is 0 Å². The highest BCUT2D eigenvalue weighted by molar-refractivity contribution is 9.10. The van der Waals surface area contributed by atoms with E-state index >= 15 is 0 Å². The van der Waals surface area contributed by atoms with Crippen molar-refractivity contribution in [2.45, 2.75) is 0 Å². The van der Waals surface area contributed by atoms with Gasteiger partial charge in [0.05, 0.1) is 29.9 Å². The fourth-order valence-corrected chi connectivity index (χ4v) is 2.21. The minimum Gasteiger partial charge on any atom is -0.494 e. The number of halogens is 1. The molecular formula is C13H10BrN3O. The summed E-state index contributed by atoms with van der Waals surface area (Å²) in [5, 5.41) is 0. The Balaban J connectivity index is 2.19. The molecule has 5 heteroatoms. The van der Waals surface area contributed by atoms with E-state index in [0.717, 1.165) is 26.9 Å². The molecule has 0 aliphatic carbocycles. The van der Waals surface area contributed by atoms with Gasteiger partial charge in [0, 0.05) is 10.7 Å². The lowest BCUT2D eigenvalue weighted by Crippen LogP contribution is -1.89. The van der Waals surface area contributed by atoms with Gasteiger partial charge in [-0.2, -0.15) is 0 Å². The first kappa shape index (κ1) is 11.2. The van der Waals surface area contributed by atoms with Crippen molar-refractivity contribution >= 4 is 27.0 Å². The summed E-state index contributed by atoms with van der Waals surface area (Å²) < 4.78 is 6.31. The highest BCUT2D eigenvalue weighted by atomic mass is 79.9. The van der Waals surface area contributed by atoms with Crippen LogP contribution in [0.15, 0.2) is 41.1 Å². The first-order valence-corrected chi connectivity index (χ1v) is 6.21. The van der Waals surface area contributed by atoms with Crippen LogP contribution in [0.2, 0.25) is 0 Å². The normalized spacial score (nSPS) is 10.8. The van der Waals surface area contributed by atoms with Crippen molar-refractivity contribution in [3.8, 4) is 17.1 Å². The molecule has 18 heavy (non-hydrogen) atoms. The second-order valence-electron chi connectivity index (χ2n) is 3.82. The number of nitrogens with zero attached hydrogens (tertiary/aromatic N) is 2. The lowest BCUT2D eigenvalue weighted by molar-refractivity contribution is 0.414. The molecule has 0 radical (unpaired) electrons. The first-order valence-electron chi connectivity index (χ1n) is 5.41. The summed E-state index contributed by atoms with van der Waals surface area (Å²) in [5.41, 5.74) is 2.81. The van der Waals surface area contributed by atoms with E-state index in [1.54, 1.807) is 19.5 Å². The number of aromatic amines is 1. The van der Waals surface area contributed by atoms with Gasteiger partial charge in [0.15, 0.2) is 0 Å². The van der Waals surface area contributed by atoms with Crippen molar-refractivity contribution in [2.24, 2.45) is 0 Å². The van der Waals surface area contributed by atoms with Gasteiger partial charge in [0.25, 0.3) is 0 Å². The number of nitrogens with one attached hydrogen (secondary N) is 1. The van der Waals surface area contributed by atoms with Crippen LogP contribution >= 0.6 is 15.9 Å². The standard InChI is InChI=1S/C13H10BrN3O/c1-18-12-7-15-5-4-9(12)13-16-10-3-2-8(14)6-11(10)17-13/h2-7H,1H3,(H,16,17). The molecule has 0 fully saturated rings. The summed E-state index contributed by atoms with van der Waals surface area (Å²) in [5.74, 6) is 1.48. The molecule has 90 valence electrons. The van der Waals surface area contributed by atoms with E-state index in [1.807, 2.05) is 24.3 Å². The highest BCUT2D eigenvalue weighted by Crippen LogP contribution is 2.28. The number of fused-ring (bicyclic) bond motifs is 1. The van der Waals surface area contributed by atoms with Gasteiger partial charge in [-0.25, -0.2) is 4.98 Å². The van der Waals surface area contributed by atoms with Gasteiger partial charge in [-0.05, 0) is 24.3 Å². The number of H-pyrrole nitrogens is 1. The van der Waals surface area contributed by atoms with E-state index < -0.39 is 0 Å². The van der Waals surface area contributed by atoms with Gasteiger partial charge in [0.2, 0.25) is 0 Å². The van der Waals surface area contributed by atoms with Crippen LogP contribution < -0.4 is 4.74 Å². The molecule has 0 aliphatic heterocycles. The maximum Gasteiger partial charge on any atom is 0.148 e. The second kappa shape index (κ2) is 4.42. The SMILES string of the molecule is COc1cnccc1-c1nc2ccc(Br)cc2[nH]1. The van der Waals surface area contributed by atoms with Gasteiger partial charge in [-0.1, -0.05) is 15.9 Å². The Hall–Kier alpha value is -1.88. The van der Waals surface area contributed by atoms with E-state index in [1.165, 1.54) is 0 Å². The van der Waals surface area contributed by atoms with Crippen LogP contribution in [0.3, 0.4) is 0 Å². The molecule has 0 unspecified atom stereocenters. The molecule has 0 saturated carbocycles. The predicted molar refractivity (Wildman–Crippen MR) is 73.6 cm³/mol. The largest absolute Gasteiger partial charge is 0.494 e. The molecule has 0 bridgehead atoms. The van der Waals surface area contributed by atoms with E-state index in [9.17, 15) is 0 Å². The number of hydrogen-bond acceptors (Lipinski definition) is 3. The minimum absolute atomic E-state index is 0.704. The first-order chi connectivity index (χ1) is 8.78. The third-order valence-electron chi connectivity index (χ3n) is 2.70. The summed E-state index contributed by atoms with van der Waals surface area (Å²) in [6, 6.07) is 7.81. The Labute approximate surface area is 112 Å². The monoisotopic (exact) mass is 303 g/mol. The average Bonchev–Trinajstić information content (AvgIpc) is 2.81. The number of pyridine rings is 1. The Morgan fingerprint density at radius 1 is 1.28 bits per heavy atom. The maximum atomic E-state index is 5.29. The van der Waals surface area contributed by atoms with Crippen LogP contribution in [0.1, 0.15) is 0 Å². The molecule has 1 N–H and O–H groups in total. The van der Waals surface area contributed by atoms with Gasteiger partial charge in [0.1, 0.15) is 11.6 Å². The van der Waals surface area contributed by atoms with Crippen molar-refractivity contribution < 1.29 is 4.74 Å². The number of methoxy groups -OCH3 is 1. The molecular weight excluding hydrogens is 294 g/mol. The number of imidazole rings is 1. The number of aromatic nitrogens is 3. The van der Waals surface area contributed by atoms with Crippen LogP contribution in [-0.2, 0) is 0 Å². The Bertz CT molecular complexity index is 708. The van der Waals surface area contributed by atoms with E-state index in [4.69, 9.17) is 4.74 Å². The lowest BCUT2D eigenvalue weighted by Gasteiger charge is -2.03. The van der Waals surface area contributed by atoms with Crippen LogP contribution in [-0.4, -0.2) is 22.1 Å². The summed E-state index contributed by atoms with van der Waals surface area (Å²) >= 11 is 3.44. The molecule has 3 aromatic rings. The molecule has 0 saturated heterocycles. The quantitative estimate of drug-likeness (QED) is 0.789. The highest BCUT2D eigenvalue weighted by Gasteiger charge is 2.10. The predicted octanol–water partition coefficient (Wildman–Crippen LogP) is 3.40. The molecule has 3 rings (SSSR count). The zero-order valence-electron chi connectivity index (χ0n) is 9.64. The Morgan fingerprint density at radius 2 is 2.17 bits per heavy atom. The number of rotatable bonds is 2. The number of benzene rings is 1. The molecule has 0 atom stereocenters. The third-order valence-corrected chi connectivity index (χ3v) is 3.20. The molecule has 0 aliphatic rings. The number of ether oxygens (including phenoxy) is 1. The fraction of sp³-hybridized carbons (Fsp3) is 0.0769. The lowest BCUT2D eigenvalue weighted by atomic mass is 10.2. The fourth-order valence-electron chi connectivity index (χ4n) is 1.85. The van der Waals surface area contributed by atoms with E-state index in [-0.39, 0.29) is 0 Å². The van der Waals surface area contributed by atoms with Gasteiger partial charge < -0.3 is 9.72 Å². The third kappa shape index (κ3) is 1.86. The smallest absolute Gasteiger partial charge is 0.148 e. The van der Waals surface area contributed by atoms with Crippen molar-refractivity contribution in [1.29, 1.82) is 0 Å². The molecule has 0 amide bonds. The maximum absolute atomic E-state index is 5.29. The van der Waals surface area contributed by atoms with Crippen LogP contribution in [0.25, 0.3) is 22.4 Å².